The quantitative estimate of drug-likeness (QED) is 0.852. The molecule has 8 nitrogen and oxygen atoms in total. The van der Waals surface area contributed by atoms with E-state index in [9.17, 15) is 19.5 Å². The lowest BCUT2D eigenvalue weighted by atomic mass is 9.90. The van der Waals surface area contributed by atoms with Crippen LogP contribution in [0.25, 0.3) is 0 Å². The molecule has 0 aliphatic carbocycles. The summed E-state index contributed by atoms with van der Waals surface area (Å²) in [6, 6.07) is 6.63. The maximum absolute atomic E-state index is 12.4. The van der Waals surface area contributed by atoms with E-state index in [1.165, 1.54) is 9.80 Å². The second-order valence-corrected chi connectivity index (χ2v) is 7.83. The van der Waals surface area contributed by atoms with Crippen molar-refractivity contribution < 1.29 is 29.0 Å². The number of benzene rings is 1. The lowest BCUT2D eigenvalue weighted by Crippen LogP contribution is -2.57. The minimum atomic E-state index is -1.06. The predicted octanol–water partition coefficient (Wildman–Crippen LogP) is 2.71. The number of ether oxygens (including phenoxy) is 2. The highest BCUT2D eigenvalue weighted by atomic mass is 16.6. The van der Waals surface area contributed by atoms with Gasteiger partial charge < -0.3 is 19.5 Å². The van der Waals surface area contributed by atoms with Crippen LogP contribution in [0.3, 0.4) is 0 Å². The number of para-hydroxylation sites is 1. The molecular weight excluding hydrogens is 352 g/mol. The van der Waals surface area contributed by atoms with Crippen molar-refractivity contribution in [1.82, 2.24) is 9.80 Å². The Bertz CT molecular complexity index is 757. The summed E-state index contributed by atoms with van der Waals surface area (Å²) in [5, 5.41) is 9.70. The number of amides is 2. The molecule has 2 unspecified atom stereocenters. The van der Waals surface area contributed by atoms with Gasteiger partial charge in [-0.05, 0) is 33.3 Å². The van der Waals surface area contributed by atoms with Crippen molar-refractivity contribution >= 4 is 18.2 Å². The van der Waals surface area contributed by atoms with Crippen LogP contribution in [0.15, 0.2) is 24.3 Å². The first-order valence-corrected chi connectivity index (χ1v) is 8.93. The van der Waals surface area contributed by atoms with Crippen LogP contribution in [0.2, 0.25) is 0 Å². The molecule has 2 heterocycles. The van der Waals surface area contributed by atoms with Crippen molar-refractivity contribution in [2.45, 2.75) is 45.4 Å². The zero-order valence-electron chi connectivity index (χ0n) is 15.7. The third-order valence-corrected chi connectivity index (χ3v) is 4.69. The maximum atomic E-state index is 12.4. The Labute approximate surface area is 157 Å². The lowest BCUT2D eigenvalue weighted by molar-refractivity contribution is -0.146. The first-order chi connectivity index (χ1) is 12.7. The van der Waals surface area contributed by atoms with Crippen LogP contribution >= 0.6 is 0 Å². The summed E-state index contributed by atoms with van der Waals surface area (Å²) in [6.07, 6.45) is -0.762. The molecule has 0 radical (unpaired) electrons. The predicted molar refractivity (Wildman–Crippen MR) is 95.3 cm³/mol. The molecule has 1 aromatic rings. The standard InChI is InChI=1S/C19H24N2O6/c1-19(2,3)27-17(24)20-9-8-14(13(11-20)16(22)23)21-10-12-6-4-5-7-15(12)26-18(21)25/h4-7,13-14H,8-11H2,1-3H3,(H,22,23). The van der Waals surface area contributed by atoms with Crippen molar-refractivity contribution in [2.24, 2.45) is 5.92 Å². The van der Waals surface area contributed by atoms with Gasteiger partial charge in [-0.3, -0.25) is 9.69 Å². The zero-order chi connectivity index (χ0) is 19.8. The van der Waals surface area contributed by atoms with Gasteiger partial charge in [0.25, 0.3) is 0 Å². The number of carboxylic acid groups (broad SMARTS) is 1. The molecule has 2 aliphatic rings. The molecule has 2 aliphatic heterocycles. The second kappa shape index (κ2) is 7.09. The number of nitrogens with zero attached hydrogens (tertiary/aromatic N) is 2. The number of hydrogen-bond acceptors (Lipinski definition) is 5. The number of aliphatic carboxylic acids is 1. The van der Waals surface area contributed by atoms with Gasteiger partial charge in [0, 0.05) is 18.7 Å². The van der Waals surface area contributed by atoms with Gasteiger partial charge in [-0.15, -0.1) is 0 Å². The number of fused-ring (bicyclic) bond motifs is 1. The highest BCUT2D eigenvalue weighted by Gasteiger charge is 2.43. The molecule has 1 N–H and O–H groups in total. The number of rotatable bonds is 2. The average molecular weight is 376 g/mol. The zero-order valence-corrected chi connectivity index (χ0v) is 15.7. The van der Waals surface area contributed by atoms with Crippen molar-refractivity contribution in [3.63, 3.8) is 0 Å². The fraction of sp³-hybridized carbons (Fsp3) is 0.526. The van der Waals surface area contributed by atoms with E-state index < -0.39 is 35.7 Å². The summed E-state index contributed by atoms with van der Waals surface area (Å²) in [4.78, 5) is 39.4. The van der Waals surface area contributed by atoms with Crippen LogP contribution in [0.5, 0.6) is 5.75 Å². The molecule has 3 rings (SSSR count). The van der Waals surface area contributed by atoms with Gasteiger partial charge in [-0.2, -0.15) is 0 Å². The highest BCUT2D eigenvalue weighted by molar-refractivity contribution is 5.77. The van der Waals surface area contributed by atoms with E-state index in [4.69, 9.17) is 9.47 Å². The van der Waals surface area contributed by atoms with E-state index in [2.05, 4.69) is 0 Å². The minimum Gasteiger partial charge on any atom is -0.481 e. The summed E-state index contributed by atoms with van der Waals surface area (Å²) >= 11 is 0. The molecule has 2 atom stereocenters. The van der Waals surface area contributed by atoms with E-state index in [-0.39, 0.29) is 13.1 Å². The molecule has 27 heavy (non-hydrogen) atoms. The van der Waals surface area contributed by atoms with E-state index in [0.29, 0.717) is 18.7 Å². The molecule has 0 spiro atoms. The van der Waals surface area contributed by atoms with Crippen LogP contribution in [0.1, 0.15) is 32.8 Å². The average Bonchev–Trinajstić information content (AvgIpc) is 2.59. The summed E-state index contributed by atoms with van der Waals surface area (Å²) in [6.45, 7) is 5.86. The van der Waals surface area contributed by atoms with Gasteiger partial charge in [0.1, 0.15) is 11.4 Å². The largest absolute Gasteiger partial charge is 0.481 e. The molecule has 146 valence electrons. The smallest absolute Gasteiger partial charge is 0.415 e. The van der Waals surface area contributed by atoms with Crippen molar-refractivity contribution in [3.05, 3.63) is 29.8 Å². The number of carbonyl (C=O) groups is 3. The Morgan fingerprint density at radius 1 is 1.26 bits per heavy atom. The van der Waals surface area contributed by atoms with E-state index in [1.807, 2.05) is 12.1 Å². The fourth-order valence-corrected chi connectivity index (χ4v) is 3.44. The molecule has 8 heteroatoms. The second-order valence-electron chi connectivity index (χ2n) is 7.83. The molecule has 2 amide bonds. The van der Waals surface area contributed by atoms with Crippen LogP contribution < -0.4 is 4.74 Å². The summed E-state index contributed by atoms with van der Waals surface area (Å²) in [5.41, 5.74) is 0.170. The molecule has 0 saturated carbocycles. The van der Waals surface area contributed by atoms with Gasteiger partial charge in [0.2, 0.25) is 0 Å². The monoisotopic (exact) mass is 376 g/mol. The first kappa shape index (κ1) is 19.0. The summed E-state index contributed by atoms with van der Waals surface area (Å²) < 4.78 is 10.7. The maximum Gasteiger partial charge on any atom is 0.415 e. The first-order valence-electron chi connectivity index (χ1n) is 8.93. The van der Waals surface area contributed by atoms with Crippen LogP contribution in [0.4, 0.5) is 9.59 Å². The van der Waals surface area contributed by atoms with Crippen molar-refractivity contribution in [1.29, 1.82) is 0 Å². The number of likely N-dealkylation sites (tertiary alicyclic amines) is 1. The van der Waals surface area contributed by atoms with Crippen LogP contribution in [-0.2, 0) is 16.1 Å². The van der Waals surface area contributed by atoms with Crippen molar-refractivity contribution in [2.75, 3.05) is 13.1 Å². The third-order valence-electron chi connectivity index (χ3n) is 4.69. The van der Waals surface area contributed by atoms with Crippen LogP contribution in [-0.4, -0.2) is 57.8 Å². The molecule has 0 aromatic heterocycles. The van der Waals surface area contributed by atoms with Gasteiger partial charge in [0.05, 0.1) is 18.5 Å². The Kier molecular flexibility index (Phi) is 4.99. The topological polar surface area (TPSA) is 96.4 Å². The Morgan fingerprint density at radius 2 is 1.96 bits per heavy atom. The van der Waals surface area contributed by atoms with Crippen molar-refractivity contribution in [3.8, 4) is 5.75 Å². The number of piperidine rings is 1. The molecule has 0 bridgehead atoms. The van der Waals surface area contributed by atoms with Gasteiger partial charge >= 0.3 is 18.2 Å². The molecule has 1 aromatic carbocycles. The Morgan fingerprint density at radius 3 is 2.63 bits per heavy atom. The Hall–Kier alpha value is -2.77. The number of carbonyl (C=O) groups excluding carboxylic acids is 2. The van der Waals surface area contributed by atoms with Gasteiger partial charge in [-0.25, -0.2) is 9.59 Å². The number of hydrogen-bond donors (Lipinski definition) is 1. The van der Waals surface area contributed by atoms with E-state index in [0.717, 1.165) is 5.56 Å². The molecule has 1 fully saturated rings. The van der Waals surface area contributed by atoms with E-state index >= 15 is 0 Å². The normalized spacial score (nSPS) is 22.7. The Balaban J connectivity index is 1.76. The lowest BCUT2D eigenvalue weighted by Gasteiger charge is -2.43. The molecular formula is C19H24N2O6. The minimum absolute atomic E-state index is 0.0136. The van der Waals surface area contributed by atoms with Crippen LogP contribution in [0, 0.1) is 5.92 Å². The summed E-state index contributed by atoms with van der Waals surface area (Å²) in [7, 11) is 0. The molecule has 1 saturated heterocycles. The SMILES string of the molecule is CC(C)(C)OC(=O)N1CCC(N2Cc3ccccc3OC2=O)C(C(=O)O)C1. The van der Waals surface area contributed by atoms with Gasteiger partial charge in [0.15, 0.2) is 0 Å². The fourth-order valence-electron chi connectivity index (χ4n) is 3.44. The number of carboxylic acids is 1. The van der Waals surface area contributed by atoms with E-state index in [1.54, 1.807) is 32.9 Å². The third kappa shape index (κ3) is 4.15. The highest BCUT2D eigenvalue weighted by Crippen LogP contribution is 2.32. The van der Waals surface area contributed by atoms with Gasteiger partial charge in [-0.1, -0.05) is 18.2 Å². The summed E-state index contributed by atoms with van der Waals surface area (Å²) in [5.74, 6) is -1.47.